The summed E-state index contributed by atoms with van der Waals surface area (Å²) in [6.07, 6.45) is 0. The molecule has 2 heterocycles. The number of rotatable bonds is 2. The zero-order valence-electron chi connectivity index (χ0n) is 7.78. The molecule has 0 aliphatic carbocycles. The number of sulfonamides is 1. The van der Waals surface area contributed by atoms with Crippen molar-refractivity contribution in [3.05, 3.63) is 16.8 Å². The van der Waals surface area contributed by atoms with Crippen LogP contribution in [0.4, 0.5) is 0 Å². The highest BCUT2D eigenvalue weighted by Gasteiger charge is 2.19. The maximum absolute atomic E-state index is 11.1. The van der Waals surface area contributed by atoms with Crippen LogP contribution in [0.2, 0.25) is 0 Å². The predicted molar refractivity (Wildman–Crippen MR) is 55.7 cm³/mol. The first kappa shape index (κ1) is 10.3. The van der Waals surface area contributed by atoms with Gasteiger partial charge in [0.25, 0.3) is 15.2 Å². The van der Waals surface area contributed by atoms with Crippen molar-refractivity contribution >= 4 is 21.4 Å². The first-order valence-electron chi connectivity index (χ1n) is 3.95. The van der Waals surface area contributed by atoms with Gasteiger partial charge in [-0.25, -0.2) is 13.6 Å². The Morgan fingerprint density at radius 1 is 1.47 bits per heavy atom. The molecular weight excluding hydrogens is 236 g/mol. The third kappa shape index (κ3) is 1.78. The van der Waals surface area contributed by atoms with Crippen molar-refractivity contribution in [2.24, 2.45) is 12.2 Å². The lowest BCUT2D eigenvalue weighted by Gasteiger charge is -1.99. The molecule has 2 N–H and O–H groups in total. The van der Waals surface area contributed by atoms with E-state index in [1.54, 1.807) is 7.05 Å². The molecule has 0 unspecified atom stereocenters. The number of hydrogen-bond acceptors (Lipinski definition) is 5. The zero-order valence-corrected chi connectivity index (χ0v) is 9.42. The molecule has 0 spiro atoms. The van der Waals surface area contributed by atoms with Gasteiger partial charge in [-0.3, -0.25) is 4.57 Å². The molecule has 0 bridgehead atoms. The van der Waals surface area contributed by atoms with Gasteiger partial charge in [0.05, 0.1) is 0 Å². The van der Waals surface area contributed by atoms with Crippen molar-refractivity contribution in [2.75, 3.05) is 0 Å². The van der Waals surface area contributed by atoms with E-state index in [1.165, 1.54) is 15.9 Å². The number of primary sulfonamides is 1. The van der Waals surface area contributed by atoms with Gasteiger partial charge in [0.2, 0.25) is 0 Å². The second-order valence-electron chi connectivity index (χ2n) is 2.92. The fraction of sp³-hybridized carbons (Fsp3) is 0.143. The molecule has 2 aromatic heterocycles. The molecule has 0 aromatic carbocycles. The van der Waals surface area contributed by atoms with E-state index in [0.29, 0.717) is 5.82 Å². The number of hydrogen-bond donors (Lipinski definition) is 1. The molecule has 15 heavy (non-hydrogen) atoms. The van der Waals surface area contributed by atoms with E-state index in [-0.39, 0.29) is 5.16 Å². The monoisotopic (exact) mass is 244 g/mol. The van der Waals surface area contributed by atoms with E-state index in [1.807, 2.05) is 16.8 Å². The lowest BCUT2D eigenvalue weighted by molar-refractivity contribution is 0.580. The normalized spacial score (nSPS) is 11.9. The molecule has 0 aliphatic rings. The van der Waals surface area contributed by atoms with Crippen molar-refractivity contribution in [1.82, 2.24) is 14.8 Å². The molecule has 80 valence electrons. The fourth-order valence-corrected chi connectivity index (χ4v) is 2.46. The van der Waals surface area contributed by atoms with Crippen LogP contribution in [0.25, 0.3) is 11.4 Å². The van der Waals surface area contributed by atoms with Crippen molar-refractivity contribution in [2.45, 2.75) is 5.16 Å². The molecule has 0 saturated heterocycles. The summed E-state index contributed by atoms with van der Waals surface area (Å²) in [6, 6.07) is 1.83. The standard InChI is InChI=1S/C7H8N4O2S2/c1-11-6(5-2-3-14-4-5)9-10-7(11)15(8,12)13/h2-4H,1H3,(H2,8,12,13). The highest BCUT2D eigenvalue weighted by atomic mass is 32.2. The molecule has 0 saturated carbocycles. The van der Waals surface area contributed by atoms with Crippen LogP contribution in [0.15, 0.2) is 22.0 Å². The smallest absolute Gasteiger partial charge is 0.273 e. The van der Waals surface area contributed by atoms with Crippen LogP contribution in [0, 0.1) is 0 Å². The molecule has 2 aromatic rings. The van der Waals surface area contributed by atoms with Gasteiger partial charge in [-0.15, -0.1) is 10.2 Å². The molecule has 6 nitrogen and oxygen atoms in total. The molecule has 0 fully saturated rings. The Labute approximate surface area is 90.4 Å². The Morgan fingerprint density at radius 2 is 2.20 bits per heavy atom. The molecule has 0 radical (unpaired) electrons. The SMILES string of the molecule is Cn1c(-c2ccsc2)nnc1S(N)(=O)=O. The summed E-state index contributed by atoms with van der Waals surface area (Å²) >= 11 is 1.50. The summed E-state index contributed by atoms with van der Waals surface area (Å²) in [7, 11) is -2.25. The minimum absolute atomic E-state index is 0.233. The molecule has 2 rings (SSSR count). The van der Waals surface area contributed by atoms with Crippen LogP contribution in [-0.4, -0.2) is 23.2 Å². The number of nitrogens with two attached hydrogens (primary N) is 1. The minimum atomic E-state index is -3.81. The van der Waals surface area contributed by atoms with E-state index in [0.717, 1.165) is 5.56 Å². The Balaban J connectivity index is 2.60. The molecule has 0 aliphatic heterocycles. The van der Waals surface area contributed by atoms with Crippen LogP contribution in [0.1, 0.15) is 0 Å². The largest absolute Gasteiger partial charge is 0.300 e. The van der Waals surface area contributed by atoms with Crippen LogP contribution in [0.5, 0.6) is 0 Å². The van der Waals surface area contributed by atoms with Crippen molar-refractivity contribution in [3.8, 4) is 11.4 Å². The van der Waals surface area contributed by atoms with Crippen molar-refractivity contribution in [1.29, 1.82) is 0 Å². The third-order valence-electron chi connectivity index (χ3n) is 1.87. The number of thiophene rings is 1. The number of aromatic nitrogens is 3. The summed E-state index contributed by atoms with van der Waals surface area (Å²) in [4.78, 5) is 0. The first-order valence-corrected chi connectivity index (χ1v) is 6.44. The highest BCUT2D eigenvalue weighted by Crippen LogP contribution is 2.20. The Bertz CT molecular complexity index is 570. The quantitative estimate of drug-likeness (QED) is 0.816. The molecular formula is C7H8N4O2S2. The number of nitrogens with zero attached hydrogens (tertiary/aromatic N) is 3. The molecule has 0 amide bonds. The summed E-state index contributed by atoms with van der Waals surface area (Å²) < 4.78 is 23.5. The van der Waals surface area contributed by atoms with Gasteiger partial charge in [0, 0.05) is 18.0 Å². The molecule has 8 heteroatoms. The van der Waals surface area contributed by atoms with E-state index in [9.17, 15) is 8.42 Å². The fourth-order valence-electron chi connectivity index (χ4n) is 1.21. The summed E-state index contributed by atoms with van der Waals surface area (Å²) in [6.45, 7) is 0. The van der Waals surface area contributed by atoms with Gasteiger partial charge in [0.1, 0.15) is 0 Å². The Hall–Kier alpha value is -1.25. The van der Waals surface area contributed by atoms with Gasteiger partial charge in [0.15, 0.2) is 5.82 Å². The minimum Gasteiger partial charge on any atom is -0.300 e. The third-order valence-corrected chi connectivity index (χ3v) is 3.42. The lowest BCUT2D eigenvalue weighted by atomic mass is 10.3. The summed E-state index contributed by atoms with van der Waals surface area (Å²) in [5.41, 5.74) is 0.824. The van der Waals surface area contributed by atoms with Gasteiger partial charge in [-0.2, -0.15) is 11.3 Å². The van der Waals surface area contributed by atoms with Crippen LogP contribution in [-0.2, 0) is 17.1 Å². The summed E-state index contributed by atoms with van der Waals surface area (Å²) in [5.74, 6) is 0.486. The van der Waals surface area contributed by atoms with Gasteiger partial charge in [-0.1, -0.05) is 0 Å². The Kier molecular flexibility index (Phi) is 2.33. The maximum Gasteiger partial charge on any atom is 0.273 e. The first-order chi connectivity index (χ1) is 7.00. The van der Waals surface area contributed by atoms with Crippen LogP contribution >= 0.6 is 11.3 Å². The summed E-state index contributed by atoms with van der Waals surface area (Å²) in [5, 5.41) is 15.8. The van der Waals surface area contributed by atoms with Gasteiger partial charge < -0.3 is 0 Å². The average Bonchev–Trinajstić information content (AvgIpc) is 2.69. The highest BCUT2D eigenvalue weighted by molar-refractivity contribution is 7.89. The van der Waals surface area contributed by atoms with Crippen LogP contribution in [0.3, 0.4) is 0 Å². The maximum atomic E-state index is 11.1. The second kappa shape index (κ2) is 3.40. The van der Waals surface area contributed by atoms with Crippen LogP contribution < -0.4 is 5.14 Å². The zero-order chi connectivity index (χ0) is 11.1. The van der Waals surface area contributed by atoms with E-state index in [4.69, 9.17) is 5.14 Å². The van der Waals surface area contributed by atoms with Gasteiger partial charge >= 0.3 is 0 Å². The lowest BCUT2D eigenvalue weighted by Crippen LogP contribution is -2.17. The van der Waals surface area contributed by atoms with Crippen molar-refractivity contribution in [3.63, 3.8) is 0 Å². The molecule has 0 atom stereocenters. The second-order valence-corrected chi connectivity index (χ2v) is 5.16. The van der Waals surface area contributed by atoms with Gasteiger partial charge in [-0.05, 0) is 11.4 Å². The van der Waals surface area contributed by atoms with E-state index in [2.05, 4.69) is 10.2 Å². The topological polar surface area (TPSA) is 90.9 Å². The van der Waals surface area contributed by atoms with Crippen molar-refractivity contribution < 1.29 is 8.42 Å². The van der Waals surface area contributed by atoms with E-state index < -0.39 is 10.0 Å². The average molecular weight is 244 g/mol. The predicted octanol–water partition coefficient (Wildman–Crippen LogP) is 0.191. The Morgan fingerprint density at radius 3 is 2.67 bits per heavy atom. The van der Waals surface area contributed by atoms with E-state index >= 15 is 0 Å².